The van der Waals surface area contributed by atoms with Gasteiger partial charge in [-0.1, -0.05) is 50.8 Å². The minimum atomic E-state index is -1.29. The standard InChI is InChI=1S/C11H26N.C7H7NO2/c1-5-6-7-8-9-10-11-12(2,3)4;9-7(10)8-6-4-2-1-3-5-6/h5-11H2,1-4H3;1-5,8H,(H,9,10)/q+1;/p-1. The lowest BCUT2D eigenvalue weighted by Gasteiger charge is -2.23. The van der Waals surface area contributed by atoms with Crippen LogP contribution >= 0.6 is 0 Å². The fraction of sp³-hybridized carbons (Fsp3) is 0.611. The molecule has 126 valence electrons. The number of carbonyl (C=O) groups is 1. The van der Waals surface area contributed by atoms with Crippen LogP contribution in [-0.4, -0.2) is 38.3 Å². The monoisotopic (exact) mass is 308 g/mol. The number of hydrogen-bond acceptors (Lipinski definition) is 2. The molecule has 0 saturated carbocycles. The summed E-state index contributed by atoms with van der Waals surface area (Å²) in [7, 11) is 6.81. The molecule has 0 aliphatic rings. The van der Waals surface area contributed by atoms with E-state index in [9.17, 15) is 9.90 Å². The van der Waals surface area contributed by atoms with Gasteiger partial charge in [0.05, 0.1) is 27.7 Å². The van der Waals surface area contributed by atoms with Crippen molar-refractivity contribution in [3.05, 3.63) is 30.3 Å². The summed E-state index contributed by atoms with van der Waals surface area (Å²) in [4.78, 5) is 9.95. The number of nitrogens with one attached hydrogen (secondary N) is 1. The number of quaternary nitrogens is 1. The highest BCUT2D eigenvalue weighted by Crippen LogP contribution is 2.06. The molecule has 0 aliphatic carbocycles. The SMILES string of the molecule is CCCCCCCC[N+](C)(C)C.O=C([O-])Nc1ccccc1. The lowest BCUT2D eigenvalue weighted by Crippen LogP contribution is -2.35. The first-order chi connectivity index (χ1) is 10.3. The van der Waals surface area contributed by atoms with Crippen LogP contribution in [-0.2, 0) is 0 Å². The van der Waals surface area contributed by atoms with E-state index >= 15 is 0 Å². The van der Waals surface area contributed by atoms with Gasteiger partial charge in [-0.15, -0.1) is 0 Å². The topological polar surface area (TPSA) is 52.2 Å². The predicted molar refractivity (Wildman–Crippen MR) is 91.7 cm³/mol. The van der Waals surface area contributed by atoms with Crippen molar-refractivity contribution >= 4 is 11.8 Å². The van der Waals surface area contributed by atoms with E-state index in [2.05, 4.69) is 33.4 Å². The molecule has 1 amide bonds. The summed E-state index contributed by atoms with van der Waals surface area (Å²) in [6.45, 7) is 3.60. The van der Waals surface area contributed by atoms with Crippen molar-refractivity contribution in [2.45, 2.75) is 45.4 Å². The van der Waals surface area contributed by atoms with E-state index in [1.165, 1.54) is 45.1 Å². The van der Waals surface area contributed by atoms with Crippen LogP contribution in [0.4, 0.5) is 10.5 Å². The van der Waals surface area contributed by atoms with Gasteiger partial charge >= 0.3 is 0 Å². The van der Waals surface area contributed by atoms with Crippen LogP contribution in [0.5, 0.6) is 0 Å². The second kappa shape index (κ2) is 12.0. The third-order valence-electron chi connectivity index (χ3n) is 3.20. The van der Waals surface area contributed by atoms with Gasteiger partial charge in [0.25, 0.3) is 0 Å². The lowest BCUT2D eigenvalue weighted by atomic mass is 10.1. The molecule has 0 radical (unpaired) electrons. The maximum Gasteiger partial charge on any atom is 0.138 e. The molecule has 0 unspecified atom stereocenters. The molecular weight excluding hydrogens is 276 g/mol. The van der Waals surface area contributed by atoms with Crippen LogP contribution in [0.2, 0.25) is 0 Å². The summed E-state index contributed by atoms with van der Waals surface area (Å²) in [5, 5.41) is 12.1. The molecule has 0 spiro atoms. The molecule has 0 bridgehead atoms. The summed E-state index contributed by atoms with van der Waals surface area (Å²) < 4.78 is 1.12. The van der Waals surface area contributed by atoms with E-state index in [4.69, 9.17) is 0 Å². The first-order valence-corrected chi connectivity index (χ1v) is 8.18. The largest absolute Gasteiger partial charge is 0.530 e. The zero-order valence-corrected chi connectivity index (χ0v) is 14.6. The Kier molecular flexibility index (Phi) is 11.2. The molecule has 0 fully saturated rings. The summed E-state index contributed by atoms with van der Waals surface area (Å²) in [6, 6.07) is 8.59. The van der Waals surface area contributed by atoms with Crippen molar-refractivity contribution in [3.8, 4) is 0 Å². The number of benzene rings is 1. The number of carbonyl (C=O) groups excluding carboxylic acids is 1. The molecule has 0 heterocycles. The van der Waals surface area contributed by atoms with Gasteiger partial charge in [-0.25, -0.2) is 0 Å². The number of rotatable bonds is 8. The number of amides is 1. The smallest absolute Gasteiger partial charge is 0.138 e. The van der Waals surface area contributed by atoms with E-state index in [0.29, 0.717) is 5.69 Å². The summed E-state index contributed by atoms with van der Waals surface area (Å²) >= 11 is 0. The molecule has 4 nitrogen and oxygen atoms in total. The van der Waals surface area contributed by atoms with Crippen molar-refractivity contribution in [2.24, 2.45) is 0 Å². The van der Waals surface area contributed by atoms with Crippen LogP contribution in [0.1, 0.15) is 45.4 Å². The van der Waals surface area contributed by atoms with E-state index < -0.39 is 6.09 Å². The quantitative estimate of drug-likeness (QED) is 0.590. The summed E-state index contributed by atoms with van der Waals surface area (Å²) in [5.74, 6) is 0. The summed E-state index contributed by atoms with van der Waals surface area (Å²) in [6.07, 6.45) is 7.19. The minimum absolute atomic E-state index is 0.530. The number of carboxylic acid groups (broad SMARTS) is 1. The van der Waals surface area contributed by atoms with Crippen LogP contribution in [0, 0.1) is 0 Å². The van der Waals surface area contributed by atoms with Gasteiger partial charge in [0.15, 0.2) is 0 Å². The van der Waals surface area contributed by atoms with Gasteiger partial charge < -0.3 is 19.7 Å². The molecule has 22 heavy (non-hydrogen) atoms. The number of anilines is 1. The van der Waals surface area contributed by atoms with Crippen LogP contribution in [0.25, 0.3) is 0 Å². The molecule has 0 saturated heterocycles. The van der Waals surface area contributed by atoms with E-state index in [0.717, 1.165) is 4.48 Å². The highest BCUT2D eigenvalue weighted by Gasteiger charge is 2.04. The number of nitrogens with zero attached hydrogens (tertiary/aromatic N) is 1. The first-order valence-electron chi connectivity index (χ1n) is 8.18. The zero-order chi connectivity index (χ0) is 16.8. The Morgan fingerprint density at radius 1 is 1.00 bits per heavy atom. The van der Waals surface area contributed by atoms with Crippen LogP contribution < -0.4 is 10.4 Å². The van der Waals surface area contributed by atoms with Crippen molar-refractivity contribution in [3.63, 3.8) is 0 Å². The average Bonchev–Trinajstić information content (AvgIpc) is 2.43. The average molecular weight is 308 g/mol. The van der Waals surface area contributed by atoms with Gasteiger partial charge in [0, 0.05) is 5.69 Å². The lowest BCUT2D eigenvalue weighted by molar-refractivity contribution is -0.870. The van der Waals surface area contributed by atoms with Crippen molar-refractivity contribution in [1.82, 2.24) is 0 Å². The maximum absolute atomic E-state index is 9.95. The predicted octanol–water partition coefficient (Wildman–Crippen LogP) is 3.49. The van der Waals surface area contributed by atoms with Gasteiger partial charge in [-0.3, -0.25) is 0 Å². The Balaban J connectivity index is 0.000000406. The molecule has 0 atom stereocenters. The van der Waals surface area contributed by atoms with Crippen molar-refractivity contribution in [2.75, 3.05) is 33.0 Å². The fourth-order valence-electron chi connectivity index (χ4n) is 2.01. The third kappa shape index (κ3) is 14.9. The highest BCUT2D eigenvalue weighted by molar-refractivity contribution is 5.80. The number of para-hydroxylation sites is 1. The highest BCUT2D eigenvalue weighted by atomic mass is 16.4. The number of unbranched alkanes of at least 4 members (excludes halogenated alkanes) is 5. The van der Waals surface area contributed by atoms with Gasteiger partial charge in [-0.2, -0.15) is 0 Å². The van der Waals surface area contributed by atoms with Gasteiger partial charge in [0.1, 0.15) is 6.09 Å². The normalized spacial score (nSPS) is 10.5. The van der Waals surface area contributed by atoms with Crippen LogP contribution in [0.3, 0.4) is 0 Å². The third-order valence-corrected chi connectivity index (χ3v) is 3.20. The second-order valence-electron chi connectivity index (χ2n) is 6.56. The Morgan fingerprint density at radius 3 is 2.05 bits per heavy atom. The van der Waals surface area contributed by atoms with Crippen LogP contribution in [0.15, 0.2) is 30.3 Å². The molecule has 0 aromatic heterocycles. The molecule has 1 N–H and O–H groups in total. The van der Waals surface area contributed by atoms with Gasteiger partial charge in [-0.05, 0) is 25.0 Å². The first kappa shape index (κ1) is 20.5. The number of hydrogen-bond donors (Lipinski definition) is 1. The Bertz CT molecular complexity index is 386. The van der Waals surface area contributed by atoms with Crippen molar-refractivity contribution in [1.29, 1.82) is 0 Å². The second-order valence-corrected chi connectivity index (χ2v) is 6.56. The molecule has 1 rings (SSSR count). The van der Waals surface area contributed by atoms with Crippen molar-refractivity contribution < 1.29 is 14.4 Å². The van der Waals surface area contributed by atoms with Gasteiger partial charge in [0.2, 0.25) is 0 Å². The Morgan fingerprint density at radius 2 is 1.55 bits per heavy atom. The van der Waals surface area contributed by atoms with E-state index in [1.807, 2.05) is 0 Å². The fourth-order valence-corrected chi connectivity index (χ4v) is 2.01. The maximum atomic E-state index is 9.95. The molecular formula is C18H32N2O2. The van der Waals surface area contributed by atoms with E-state index in [1.54, 1.807) is 30.3 Å². The Labute approximate surface area is 135 Å². The molecule has 1 aromatic rings. The molecule has 0 aliphatic heterocycles. The summed E-state index contributed by atoms with van der Waals surface area (Å²) in [5.41, 5.74) is 0.530. The minimum Gasteiger partial charge on any atom is -0.530 e. The zero-order valence-electron chi connectivity index (χ0n) is 14.6. The molecule has 4 heteroatoms. The molecule has 1 aromatic carbocycles. The Hall–Kier alpha value is -1.55. The van der Waals surface area contributed by atoms with E-state index in [-0.39, 0.29) is 0 Å².